The van der Waals surface area contributed by atoms with Crippen LogP contribution in [0.5, 0.6) is 5.75 Å². The third-order valence-electron chi connectivity index (χ3n) is 6.13. The predicted molar refractivity (Wildman–Crippen MR) is 121 cm³/mol. The number of nitrogens with zero attached hydrogens (tertiary/aromatic N) is 2. The van der Waals surface area contributed by atoms with Crippen molar-refractivity contribution < 1.29 is 22.6 Å². The van der Waals surface area contributed by atoms with Gasteiger partial charge in [0, 0.05) is 12.8 Å². The Morgan fingerprint density at radius 1 is 0.706 bits per heavy atom. The number of rotatable bonds is 7. The first-order valence-corrected chi connectivity index (χ1v) is 11.1. The average Bonchev–Trinajstić information content (AvgIpc) is 3.28. The lowest BCUT2D eigenvalue weighted by Gasteiger charge is -2.36. The monoisotopic (exact) mass is 464 g/mol. The van der Waals surface area contributed by atoms with E-state index in [4.69, 9.17) is 4.74 Å². The zero-order chi connectivity index (χ0) is 23.6. The van der Waals surface area contributed by atoms with Crippen LogP contribution < -0.4 is 4.74 Å². The summed E-state index contributed by atoms with van der Waals surface area (Å²) in [6, 6.07) is 30.2. The second kappa shape index (κ2) is 8.99. The molecule has 5 rings (SSSR count). The summed E-state index contributed by atoms with van der Waals surface area (Å²) in [5, 5.41) is 4.69. The minimum Gasteiger partial charge on any atom is -0.487 e. The minimum absolute atomic E-state index is 0.186. The Bertz CT molecular complexity index is 1110. The molecule has 1 saturated carbocycles. The minimum atomic E-state index is -4.62. The summed E-state index contributed by atoms with van der Waals surface area (Å²) in [4.78, 5) is 0. The van der Waals surface area contributed by atoms with Gasteiger partial charge in [-0.15, -0.1) is 13.2 Å². The molecule has 0 radical (unpaired) electrons. The van der Waals surface area contributed by atoms with Gasteiger partial charge in [-0.1, -0.05) is 91.0 Å². The summed E-state index contributed by atoms with van der Waals surface area (Å²) < 4.78 is 49.2. The molecule has 3 aromatic carbocycles. The maximum atomic E-state index is 12.4. The Morgan fingerprint density at radius 3 is 1.62 bits per heavy atom. The summed E-state index contributed by atoms with van der Waals surface area (Å²) in [5.74, 6) is 0.502. The third kappa shape index (κ3) is 4.31. The van der Waals surface area contributed by atoms with Crippen molar-refractivity contribution in [2.24, 2.45) is 0 Å². The smallest absolute Gasteiger partial charge is 0.487 e. The van der Waals surface area contributed by atoms with Gasteiger partial charge in [0.15, 0.2) is 5.75 Å². The lowest BCUT2D eigenvalue weighted by Crippen LogP contribution is -2.42. The predicted octanol–water partition coefficient (Wildman–Crippen LogP) is 6.17. The van der Waals surface area contributed by atoms with Gasteiger partial charge in [0.1, 0.15) is 11.6 Å². The molecule has 4 aromatic rings. The zero-order valence-corrected chi connectivity index (χ0v) is 18.2. The first kappa shape index (κ1) is 22.2. The van der Waals surface area contributed by atoms with E-state index in [0.29, 0.717) is 5.75 Å². The normalized spacial score (nSPS) is 18.3. The quantitative estimate of drug-likeness (QED) is 0.307. The number of hydrogen-bond donors (Lipinski definition) is 0. The maximum Gasteiger partial charge on any atom is 0.522 e. The Hall–Kier alpha value is -3.58. The Labute approximate surface area is 195 Å². The van der Waals surface area contributed by atoms with Gasteiger partial charge >= 0.3 is 6.36 Å². The highest BCUT2D eigenvalue weighted by atomic mass is 19.4. The largest absolute Gasteiger partial charge is 0.522 e. The summed E-state index contributed by atoms with van der Waals surface area (Å²) in [6.45, 7) is 0. The molecule has 34 heavy (non-hydrogen) atoms. The van der Waals surface area contributed by atoms with E-state index >= 15 is 0 Å². The van der Waals surface area contributed by atoms with E-state index in [9.17, 15) is 13.2 Å². The molecule has 1 aliphatic carbocycles. The highest BCUT2D eigenvalue weighted by Crippen LogP contribution is 2.41. The van der Waals surface area contributed by atoms with Crippen molar-refractivity contribution in [1.29, 1.82) is 0 Å². The van der Waals surface area contributed by atoms with Crippen LogP contribution in [-0.4, -0.2) is 28.4 Å². The molecule has 1 fully saturated rings. The summed E-state index contributed by atoms with van der Waals surface area (Å²) in [5.41, 5.74) is 2.28. The van der Waals surface area contributed by atoms with E-state index in [1.54, 1.807) is 6.20 Å². The van der Waals surface area contributed by atoms with Crippen LogP contribution in [0.15, 0.2) is 103 Å². The van der Waals surface area contributed by atoms with Crippen LogP contribution in [0.2, 0.25) is 0 Å². The van der Waals surface area contributed by atoms with Gasteiger partial charge in [0.05, 0.1) is 18.5 Å². The highest BCUT2D eigenvalue weighted by molar-refractivity contribution is 5.50. The van der Waals surface area contributed by atoms with Gasteiger partial charge in [-0.3, -0.25) is 4.74 Å². The van der Waals surface area contributed by atoms with E-state index in [1.807, 2.05) is 65.5 Å². The standard InChI is InChI=1S/C27H23F3N2O2/c28-27(29,30)34-24-16-23(17-24)33-25-18-31-32(19-25)26(20-10-4-1-5-11-20,21-12-6-2-7-13-21)22-14-8-3-9-15-22/h1-15,18-19,23-24H,16-17H2/t23-,24+. The van der Waals surface area contributed by atoms with Crippen molar-refractivity contribution in [3.63, 3.8) is 0 Å². The number of alkyl halides is 3. The van der Waals surface area contributed by atoms with Crippen LogP contribution in [-0.2, 0) is 10.3 Å². The molecule has 1 heterocycles. The van der Waals surface area contributed by atoms with Crippen LogP contribution in [0.25, 0.3) is 0 Å². The van der Waals surface area contributed by atoms with Gasteiger partial charge in [0.2, 0.25) is 0 Å². The van der Waals surface area contributed by atoms with Crippen molar-refractivity contribution in [2.45, 2.75) is 37.0 Å². The molecule has 0 amide bonds. The molecule has 0 N–H and O–H groups in total. The number of aromatic nitrogens is 2. The van der Waals surface area contributed by atoms with Crippen LogP contribution in [0.3, 0.4) is 0 Å². The molecule has 0 atom stereocenters. The molecule has 0 saturated heterocycles. The molecule has 4 nitrogen and oxygen atoms in total. The number of halogens is 3. The highest BCUT2D eigenvalue weighted by Gasteiger charge is 2.42. The lowest BCUT2D eigenvalue weighted by atomic mass is 9.77. The molecule has 0 bridgehead atoms. The van der Waals surface area contributed by atoms with Crippen molar-refractivity contribution in [3.05, 3.63) is 120 Å². The first-order chi connectivity index (χ1) is 16.4. The summed E-state index contributed by atoms with van der Waals surface area (Å²) in [6.07, 6.45) is -2.03. The molecule has 174 valence electrons. The maximum absolute atomic E-state index is 12.4. The SMILES string of the molecule is FC(F)(F)O[C@H]1C[C@@H](Oc2cnn(C(c3ccccc3)(c3ccccc3)c3ccccc3)c2)C1. The number of ether oxygens (including phenoxy) is 2. The van der Waals surface area contributed by atoms with Crippen LogP contribution >= 0.6 is 0 Å². The van der Waals surface area contributed by atoms with Crippen molar-refractivity contribution >= 4 is 0 Å². The van der Waals surface area contributed by atoms with Crippen LogP contribution in [0, 0.1) is 0 Å². The third-order valence-corrected chi connectivity index (χ3v) is 6.13. The van der Waals surface area contributed by atoms with E-state index in [1.165, 1.54) is 0 Å². The number of benzene rings is 3. The molecule has 1 aromatic heterocycles. The van der Waals surface area contributed by atoms with Gasteiger partial charge in [-0.25, -0.2) is 4.68 Å². The van der Waals surface area contributed by atoms with E-state index in [-0.39, 0.29) is 18.9 Å². The second-order valence-corrected chi connectivity index (χ2v) is 8.33. The van der Waals surface area contributed by atoms with Crippen molar-refractivity contribution in [1.82, 2.24) is 9.78 Å². The fourth-order valence-electron chi connectivity index (χ4n) is 4.58. The molecular formula is C27H23F3N2O2. The van der Waals surface area contributed by atoms with E-state index in [2.05, 4.69) is 46.2 Å². The van der Waals surface area contributed by atoms with Gasteiger partial charge < -0.3 is 4.74 Å². The van der Waals surface area contributed by atoms with Gasteiger partial charge in [0.25, 0.3) is 0 Å². The van der Waals surface area contributed by atoms with Gasteiger partial charge in [-0.05, 0) is 16.7 Å². The average molecular weight is 464 g/mol. The first-order valence-electron chi connectivity index (χ1n) is 11.1. The van der Waals surface area contributed by atoms with Crippen molar-refractivity contribution in [3.8, 4) is 5.75 Å². The van der Waals surface area contributed by atoms with Gasteiger partial charge in [-0.2, -0.15) is 5.10 Å². The molecule has 7 heteroatoms. The Kier molecular flexibility index (Phi) is 5.87. The molecule has 0 spiro atoms. The lowest BCUT2D eigenvalue weighted by molar-refractivity contribution is -0.355. The van der Waals surface area contributed by atoms with E-state index in [0.717, 1.165) is 16.7 Å². The molecule has 0 aliphatic heterocycles. The molecule has 1 aliphatic rings. The van der Waals surface area contributed by atoms with E-state index < -0.39 is 18.0 Å². The summed E-state index contributed by atoms with van der Waals surface area (Å²) in [7, 11) is 0. The fourth-order valence-corrected chi connectivity index (χ4v) is 4.58. The number of hydrogen-bond acceptors (Lipinski definition) is 3. The Morgan fingerprint density at radius 2 is 1.18 bits per heavy atom. The molecular weight excluding hydrogens is 441 g/mol. The fraction of sp³-hybridized carbons (Fsp3) is 0.222. The second-order valence-electron chi connectivity index (χ2n) is 8.33. The molecule has 0 unspecified atom stereocenters. The zero-order valence-electron chi connectivity index (χ0n) is 18.2. The van der Waals surface area contributed by atoms with Crippen molar-refractivity contribution in [2.75, 3.05) is 0 Å². The Balaban J connectivity index is 1.52. The topological polar surface area (TPSA) is 36.3 Å². The van der Waals surface area contributed by atoms with Crippen LogP contribution in [0.4, 0.5) is 13.2 Å². The summed E-state index contributed by atoms with van der Waals surface area (Å²) >= 11 is 0. The van der Waals surface area contributed by atoms with Crippen LogP contribution in [0.1, 0.15) is 29.5 Å².